The number of nitro groups is 2. The molecular weight excluding hydrogens is 242 g/mol. The number of H-pyrrole nitrogens is 1. The lowest BCUT2D eigenvalue weighted by molar-refractivity contribution is -0.392. The van der Waals surface area contributed by atoms with E-state index in [0.29, 0.717) is 19.0 Å². The largest absolute Gasteiger partial charge is 0.443 e. The molecule has 18 heavy (non-hydrogen) atoms. The lowest BCUT2D eigenvalue weighted by Crippen LogP contribution is -2.33. The molecule has 1 aromatic heterocycles. The molecule has 1 fully saturated rings. The van der Waals surface area contributed by atoms with Gasteiger partial charge in [0.05, 0.1) is 0 Å². The van der Waals surface area contributed by atoms with Crippen LogP contribution in [0.2, 0.25) is 0 Å². The number of nitrogens with one attached hydrogen (secondary N) is 1. The summed E-state index contributed by atoms with van der Waals surface area (Å²) in [4.78, 5) is 22.0. The highest BCUT2D eigenvalue weighted by molar-refractivity contribution is 5.70. The predicted molar refractivity (Wildman–Crippen MR) is 62.5 cm³/mol. The molecule has 0 bridgehead atoms. The lowest BCUT2D eigenvalue weighted by atomic mass is 9.99. The van der Waals surface area contributed by atoms with Crippen molar-refractivity contribution >= 4 is 17.3 Å². The van der Waals surface area contributed by atoms with Gasteiger partial charge in [0.2, 0.25) is 5.69 Å². The zero-order valence-corrected chi connectivity index (χ0v) is 9.83. The zero-order valence-electron chi connectivity index (χ0n) is 9.83. The number of hydrogen-bond acceptors (Lipinski definition) is 6. The van der Waals surface area contributed by atoms with Crippen LogP contribution in [0.5, 0.6) is 0 Å². The van der Waals surface area contributed by atoms with Crippen molar-refractivity contribution in [3.63, 3.8) is 0 Å². The average molecular weight is 255 g/mol. The van der Waals surface area contributed by atoms with Crippen molar-refractivity contribution in [2.45, 2.75) is 19.8 Å². The summed E-state index contributed by atoms with van der Waals surface area (Å²) in [5.41, 5.74) is -0.00287. The standard InChI is InChI=1S/C9H13N5O4/c1-6-2-4-12(5-3-6)7-8(13(15)16)10-11-9(7)14(17)18/h6H,2-5H2,1H3,(H,10,11). The predicted octanol–water partition coefficient (Wildman–Crippen LogP) is 1.46. The molecule has 0 amide bonds. The van der Waals surface area contributed by atoms with E-state index in [9.17, 15) is 20.2 Å². The molecule has 0 atom stereocenters. The second-order valence-corrected chi connectivity index (χ2v) is 4.43. The van der Waals surface area contributed by atoms with E-state index >= 15 is 0 Å². The Labute approximate surface area is 102 Å². The molecule has 0 saturated carbocycles. The Bertz CT molecular complexity index is 446. The minimum absolute atomic E-state index is 0.00287. The Morgan fingerprint density at radius 2 is 1.89 bits per heavy atom. The van der Waals surface area contributed by atoms with Crippen molar-refractivity contribution in [2.24, 2.45) is 5.92 Å². The Morgan fingerprint density at radius 3 is 2.39 bits per heavy atom. The molecule has 1 saturated heterocycles. The highest BCUT2D eigenvalue weighted by Gasteiger charge is 2.36. The van der Waals surface area contributed by atoms with Gasteiger partial charge in [-0.15, -0.1) is 0 Å². The van der Waals surface area contributed by atoms with Crippen LogP contribution < -0.4 is 4.90 Å². The van der Waals surface area contributed by atoms with Crippen molar-refractivity contribution in [1.29, 1.82) is 0 Å². The molecule has 1 aliphatic heterocycles. The molecule has 0 radical (unpaired) electrons. The first-order valence-electron chi connectivity index (χ1n) is 5.62. The maximum atomic E-state index is 10.8. The Hall–Kier alpha value is -2.19. The van der Waals surface area contributed by atoms with Gasteiger partial charge in [0.15, 0.2) is 0 Å². The SMILES string of the molecule is CC1CCN(c2c([N+](=O)[O-])n[nH]c2[N+](=O)[O-])CC1. The summed E-state index contributed by atoms with van der Waals surface area (Å²) in [5.74, 6) is -0.348. The normalized spacial score (nSPS) is 16.8. The third-order valence-electron chi connectivity index (χ3n) is 3.16. The quantitative estimate of drug-likeness (QED) is 0.645. The first kappa shape index (κ1) is 12.3. The van der Waals surface area contributed by atoms with Gasteiger partial charge in [-0.05, 0) is 33.7 Å². The van der Waals surface area contributed by atoms with E-state index in [1.54, 1.807) is 4.90 Å². The molecule has 1 aromatic rings. The first-order valence-corrected chi connectivity index (χ1v) is 5.62. The van der Waals surface area contributed by atoms with Gasteiger partial charge in [0.25, 0.3) is 0 Å². The molecule has 9 heteroatoms. The van der Waals surface area contributed by atoms with Crippen molar-refractivity contribution in [2.75, 3.05) is 18.0 Å². The number of aromatic amines is 1. The molecule has 2 rings (SSSR count). The van der Waals surface area contributed by atoms with E-state index in [1.165, 1.54) is 0 Å². The van der Waals surface area contributed by atoms with Crippen LogP contribution in [-0.4, -0.2) is 33.1 Å². The molecule has 0 aromatic carbocycles. The summed E-state index contributed by atoms with van der Waals surface area (Å²) in [5, 5.41) is 27.2. The fourth-order valence-corrected chi connectivity index (χ4v) is 2.10. The molecule has 1 N–H and O–H groups in total. The van der Waals surface area contributed by atoms with E-state index in [2.05, 4.69) is 17.1 Å². The highest BCUT2D eigenvalue weighted by atomic mass is 16.6. The number of rotatable bonds is 3. The van der Waals surface area contributed by atoms with Gasteiger partial charge in [0.1, 0.15) is 5.10 Å². The summed E-state index contributed by atoms with van der Waals surface area (Å²) >= 11 is 0. The van der Waals surface area contributed by atoms with Crippen LogP contribution in [0, 0.1) is 26.1 Å². The van der Waals surface area contributed by atoms with Gasteiger partial charge in [-0.3, -0.25) is 0 Å². The summed E-state index contributed by atoms with van der Waals surface area (Å²) in [7, 11) is 0. The van der Waals surface area contributed by atoms with Gasteiger partial charge in [0, 0.05) is 13.1 Å². The Morgan fingerprint density at radius 1 is 1.28 bits per heavy atom. The molecule has 98 valence electrons. The summed E-state index contributed by atoms with van der Waals surface area (Å²) in [6, 6.07) is 0. The second kappa shape index (κ2) is 4.59. The van der Waals surface area contributed by atoms with Gasteiger partial charge in [-0.25, -0.2) is 0 Å². The maximum absolute atomic E-state index is 10.8. The minimum Gasteiger partial charge on any atom is -0.358 e. The van der Waals surface area contributed by atoms with E-state index < -0.39 is 21.5 Å². The molecule has 1 aliphatic rings. The monoisotopic (exact) mass is 255 g/mol. The van der Waals surface area contributed by atoms with Crippen LogP contribution >= 0.6 is 0 Å². The average Bonchev–Trinajstić information content (AvgIpc) is 2.74. The first-order chi connectivity index (χ1) is 8.50. The number of hydrogen-bond donors (Lipinski definition) is 1. The molecule has 0 aliphatic carbocycles. The van der Waals surface area contributed by atoms with Crippen LogP contribution in [0.1, 0.15) is 19.8 Å². The van der Waals surface area contributed by atoms with Crippen molar-refractivity contribution in [1.82, 2.24) is 10.2 Å². The number of aromatic nitrogens is 2. The molecule has 0 unspecified atom stereocenters. The summed E-state index contributed by atoms with van der Waals surface area (Å²) in [6.07, 6.45) is 1.72. The second-order valence-electron chi connectivity index (χ2n) is 4.43. The molecule has 2 heterocycles. The number of piperidine rings is 1. The van der Waals surface area contributed by atoms with Gasteiger partial charge in [-0.2, -0.15) is 0 Å². The van der Waals surface area contributed by atoms with Crippen LogP contribution in [0.4, 0.5) is 17.3 Å². The van der Waals surface area contributed by atoms with Gasteiger partial charge < -0.3 is 25.1 Å². The maximum Gasteiger partial charge on any atom is 0.443 e. The zero-order chi connectivity index (χ0) is 13.3. The fraction of sp³-hybridized carbons (Fsp3) is 0.667. The van der Waals surface area contributed by atoms with Crippen LogP contribution in [0.15, 0.2) is 0 Å². The highest BCUT2D eigenvalue weighted by Crippen LogP contribution is 2.36. The molecular formula is C9H13N5O4. The number of anilines is 1. The van der Waals surface area contributed by atoms with Crippen molar-refractivity contribution < 1.29 is 9.85 Å². The van der Waals surface area contributed by atoms with Crippen LogP contribution in [0.3, 0.4) is 0 Å². The van der Waals surface area contributed by atoms with Crippen LogP contribution in [0.25, 0.3) is 0 Å². The fourth-order valence-electron chi connectivity index (χ4n) is 2.10. The Balaban J connectivity index is 2.37. The van der Waals surface area contributed by atoms with E-state index in [1.807, 2.05) is 0 Å². The summed E-state index contributed by atoms with van der Waals surface area (Å²) in [6.45, 7) is 3.24. The van der Waals surface area contributed by atoms with Crippen molar-refractivity contribution in [3.8, 4) is 0 Å². The van der Waals surface area contributed by atoms with Gasteiger partial charge >= 0.3 is 11.6 Å². The lowest BCUT2D eigenvalue weighted by Gasteiger charge is -2.29. The molecule has 9 nitrogen and oxygen atoms in total. The van der Waals surface area contributed by atoms with E-state index in [4.69, 9.17) is 0 Å². The number of nitrogens with zero attached hydrogens (tertiary/aromatic N) is 4. The van der Waals surface area contributed by atoms with E-state index in [-0.39, 0.29) is 5.69 Å². The third-order valence-corrected chi connectivity index (χ3v) is 3.16. The topological polar surface area (TPSA) is 118 Å². The smallest absolute Gasteiger partial charge is 0.358 e. The van der Waals surface area contributed by atoms with E-state index in [0.717, 1.165) is 12.8 Å². The third kappa shape index (κ3) is 2.11. The van der Waals surface area contributed by atoms with Crippen molar-refractivity contribution in [3.05, 3.63) is 20.2 Å². The van der Waals surface area contributed by atoms with Crippen LogP contribution in [-0.2, 0) is 0 Å². The summed E-state index contributed by atoms with van der Waals surface area (Å²) < 4.78 is 0. The van der Waals surface area contributed by atoms with Gasteiger partial charge in [-0.1, -0.05) is 6.92 Å². The minimum atomic E-state index is -0.698. The molecule has 0 spiro atoms. The Kier molecular flexibility index (Phi) is 3.13.